The third-order valence-electron chi connectivity index (χ3n) is 0.547. The van der Waals surface area contributed by atoms with Gasteiger partial charge in [-0.3, -0.25) is 5.43 Å². The fourth-order valence-corrected chi connectivity index (χ4v) is 0.303. The van der Waals surface area contributed by atoms with Crippen molar-refractivity contribution in [2.45, 2.75) is 13.8 Å². The van der Waals surface area contributed by atoms with Gasteiger partial charge in [-0.25, -0.2) is 0 Å². The van der Waals surface area contributed by atoms with E-state index < -0.39 is 0 Å². The zero-order valence-electron chi connectivity index (χ0n) is 5.59. The van der Waals surface area contributed by atoms with Gasteiger partial charge in [-0.05, 0) is 18.1 Å². The molecule has 0 aliphatic heterocycles. The van der Waals surface area contributed by atoms with Crippen molar-refractivity contribution in [3.8, 4) is 0 Å². The summed E-state index contributed by atoms with van der Waals surface area (Å²) in [6, 6.07) is 0. The predicted octanol–water partition coefficient (Wildman–Crippen LogP) is 0.461. The number of nitrogens with one attached hydrogen (secondary N) is 1. The van der Waals surface area contributed by atoms with Gasteiger partial charge in [-0.2, -0.15) is 5.10 Å². The van der Waals surface area contributed by atoms with Crippen LogP contribution in [-0.2, 0) is 0 Å². The minimum Gasteiger partial charge on any atom is -0.375 e. The molecule has 3 N–H and O–H groups in total. The lowest BCUT2D eigenvalue weighted by Gasteiger charge is -1.94. The first-order chi connectivity index (χ1) is 4.13. The van der Waals surface area contributed by atoms with E-state index in [1.54, 1.807) is 6.21 Å². The van der Waals surface area contributed by atoms with Crippen LogP contribution in [0.3, 0.4) is 0 Å². The minimum atomic E-state index is 0.201. The molecule has 0 radical (unpaired) electrons. The lowest BCUT2D eigenvalue weighted by Crippen LogP contribution is -2.24. The molecule has 0 spiro atoms. The predicted molar refractivity (Wildman–Crippen MR) is 43.3 cm³/mol. The summed E-state index contributed by atoms with van der Waals surface area (Å²) < 4.78 is 0. The zero-order valence-corrected chi connectivity index (χ0v) is 6.40. The van der Waals surface area contributed by atoms with Gasteiger partial charge in [0, 0.05) is 6.21 Å². The summed E-state index contributed by atoms with van der Waals surface area (Å²) in [5.74, 6) is 0.423. The van der Waals surface area contributed by atoms with Crippen LogP contribution in [-0.4, -0.2) is 11.3 Å². The van der Waals surface area contributed by atoms with Crippen LogP contribution in [0.1, 0.15) is 13.8 Å². The number of hydrogen-bond acceptors (Lipinski definition) is 2. The van der Waals surface area contributed by atoms with Gasteiger partial charge < -0.3 is 5.73 Å². The van der Waals surface area contributed by atoms with Crippen molar-refractivity contribution in [2.24, 2.45) is 16.8 Å². The highest BCUT2D eigenvalue weighted by Crippen LogP contribution is 1.82. The Labute approximate surface area is 60.3 Å². The summed E-state index contributed by atoms with van der Waals surface area (Å²) in [4.78, 5) is 0. The van der Waals surface area contributed by atoms with E-state index >= 15 is 0 Å². The van der Waals surface area contributed by atoms with Crippen LogP contribution in [0.5, 0.6) is 0 Å². The minimum absolute atomic E-state index is 0.201. The number of nitrogens with two attached hydrogens (primary N) is 1. The monoisotopic (exact) mass is 145 g/mol. The summed E-state index contributed by atoms with van der Waals surface area (Å²) in [5, 5.41) is 3.93. The van der Waals surface area contributed by atoms with E-state index in [4.69, 9.17) is 5.73 Å². The van der Waals surface area contributed by atoms with E-state index in [2.05, 4.69) is 22.7 Å². The summed E-state index contributed by atoms with van der Waals surface area (Å²) in [6.07, 6.45) is 1.74. The van der Waals surface area contributed by atoms with E-state index in [-0.39, 0.29) is 5.11 Å². The van der Waals surface area contributed by atoms with Crippen LogP contribution < -0.4 is 11.2 Å². The topological polar surface area (TPSA) is 50.4 Å². The lowest BCUT2D eigenvalue weighted by molar-refractivity contribution is 0.885. The first kappa shape index (κ1) is 8.36. The standard InChI is InChI=1S/C5H11N3S/c1-4(2)3-7-8-5(6)9/h3-4H,1-2H3,(H3,6,8,9)/b7-3-. The van der Waals surface area contributed by atoms with Crippen molar-refractivity contribution in [3.63, 3.8) is 0 Å². The Morgan fingerprint density at radius 2 is 2.33 bits per heavy atom. The molecule has 0 rings (SSSR count). The summed E-state index contributed by atoms with van der Waals surface area (Å²) in [6.45, 7) is 4.04. The van der Waals surface area contributed by atoms with E-state index in [9.17, 15) is 0 Å². The van der Waals surface area contributed by atoms with Gasteiger partial charge in [0.1, 0.15) is 0 Å². The summed E-state index contributed by atoms with van der Waals surface area (Å²) >= 11 is 4.50. The van der Waals surface area contributed by atoms with E-state index in [1.165, 1.54) is 0 Å². The molecule has 0 heterocycles. The number of thiocarbonyl (C=S) groups is 1. The van der Waals surface area contributed by atoms with E-state index in [0.29, 0.717) is 5.92 Å². The van der Waals surface area contributed by atoms with Crippen molar-refractivity contribution >= 4 is 23.5 Å². The fraction of sp³-hybridized carbons (Fsp3) is 0.600. The molecule has 0 unspecified atom stereocenters. The third-order valence-corrected chi connectivity index (χ3v) is 0.639. The maximum atomic E-state index is 5.09. The molecule has 0 saturated heterocycles. The highest BCUT2D eigenvalue weighted by atomic mass is 32.1. The van der Waals surface area contributed by atoms with Crippen molar-refractivity contribution in [1.82, 2.24) is 5.43 Å². The molecule has 3 nitrogen and oxygen atoms in total. The Kier molecular flexibility index (Phi) is 3.96. The van der Waals surface area contributed by atoms with E-state index in [1.807, 2.05) is 13.8 Å². The fourth-order valence-electron chi connectivity index (χ4n) is 0.250. The average molecular weight is 145 g/mol. The van der Waals surface area contributed by atoms with Gasteiger partial charge in [-0.1, -0.05) is 13.8 Å². The quantitative estimate of drug-likeness (QED) is 0.337. The largest absolute Gasteiger partial charge is 0.375 e. The SMILES string of the molecule is CC(C)/C=N\NC(N)=S. The molecular formula is C5H11N3S. The van der Waals surface area contributed by atoms with Gasteiger partial charge in [0.2, 0.25) is 0 Å². The molecule has 0 fully saturated rings. The van der Waals surface area contributed by atoms with Gasteiger partial charge in [-0.15, -0.1) is 0 Å². The van der Waals surface area contributed by atoms with Crippen LogP contribution in [0.25, 0.3) is 0 Å². The number of hydrazone groups is 1. The molecule has 0 aromatic carbocycles. The van der Waals surface area contributed by atoms with Gasteiger partial charge in [0.25, 0.3) is 0 Å². The Hall–Kier alpha value is -0.640. The maximum absolute atomic E-state index is 5.09. The second-order valence-corrected chi connectivity index (χ2v) is 2.44. The first-order valence-electron chi connectivity index (χ1n) is 2.71. The molecule has 4 heteroatoms. The maximum Gasteiger partial charge on any atom is 0.184 e. The molecule has 0 saturated carbocycles. The molecule has 52 valence electrons. The van der Waals surface area contributed by atoms with Gasteiger partial charge in [0.05, 0.1) is 0 Å². The second kappa shape index (κ2) is 4.26. The Morgan fingerprint density at radius 1 is 1.78 bits per heavy atom. The summed E-state index contributed by atoms with van der Waals surface area (Å²) in [7, 11) is 0. The lowest BCUT2D eigenvalue weighted by atomic mass is 10.3. The molecule has 0 amide bonds. The van der Waals surface area contributed by atoms with Crippen molar-refractivity contribution in [1.29, 1.82) is 0 Å². The van der Waals surface area contributed by atoms with E-state index in [0.717, 1.165) is 0 Å². The number of hydrogen-bond donors (Lipinski definition) is 2. The molecule has 0 aliphatic carbocycles. The molecule has 0 atom stereocenters. The van der Waals surface area contributed by atoms with Gasteiger partial charge in [0.15, 0.2) is 5.11 Å². The Balaban J connectivity index is 3.36. The average Bonchev–Trinajstić information content (AvgIpc) is 1.63. The number of nitrogens with zero attached hydrogens (tertiary/aromatic N) is 1. The normalized spacial score (nSPS) is 10.6. The molecule has 9 heavy (non-hydrogen) atoms. The first-order valence-corrected chi connectivity index (χ1v) is 3.12. The van der Waals surface area contributed by atoms with Crippen LogP contribution >= 0.6 is 12.2 Å². The Bertz CT molecular complexity index is 119. The second-order valence-electron chi connectivity index (χ2n) is 2.00. The zero-order chi connectivity index (χ0) is 7.28. The third kappa shape index (κ3) is 7.36. The van der Waals surface area contributed by atoms with Crippen LogP contribution in [0.4, 0.5) is 0 Å². The van der Waals surface area contributed by atoms with Gasteiger partial charge >= 0.3 is 0 Å². The smallest absolute Gasteiger partial charge is 0.184 e. The van der Waals surface area contributed by atoms with Crippen molar-refractivity contribution in [3.05, 3.63) is 0 Å². The Morgan fingerprint density at radius 3 is 2.67 bits per heavy atom. The van der Waals surface area contributed by atoms with Crippen LogP contribution in [0, 0.1) is 5.92 Å². The van der Waals surface area contributed by atoms with Crippen LogP contribution in [0.15, 0.2) is 5.10 Å². The van der Waals surface area contributed by atoms with Crippen molar-refractivity contribution in [2.75, 3.05) is 0 Å². The van der Waals surface area contributed by atoms with Crippen molar-refractivity contribution < 1.29 is 0 Å². The van der Waals surface area contributed by atoms with Crippen LogP contribution in [0.2, 0.25) is 0 Å². The highest BCUT2D eigenvalue weighted by Gasteiger charge is 1.83. The molecule has 0 aromatic heterocycles. The molecular weight excluding hydrogens is 134 g/mol. The molecule has 0 aromatic rings. The number of rotatable bonds is 2. The highest BCUT2D eigenvalue weighted by molar-refractivity contribution is 7.80. The molecule has 0 bridgehead atoms. The summed E-state index contributed by atoms with van der Waals surface area (Å²) in [5.41, 5.74) is 7.54. The molecule has 0 aliphatic rings.